The second-order valence-corrected chi connectivity index (χ2v) is 9.70. The van der Waals surface area contributed by atoms with Gasteiger partial charge in [-0.1, -0.05) is 12.1 Å². The lowest BCUT2D eigenvalue weighted by molar-refractivity contribution is -0.125. The molecule has 1 aliphatic heterocycles. The Morgan fingerprint density at radius 3 is 2.55 bits per heavy atom. The number of para-hydroxylation sites is 2. The van der Waals surface area contributed by atoms with E-state index in [9.17, 15) is 14.7 Å². The number of benzene rings is 1. The maximum atomic E-state index is 12.9. The predicted molar refractivity (Wildman–Crippen MR) is 131 cm³/mol. The number of piperidine rings is 1. The number of nitrogens with one attached hydrogen (secondary N) is 3. The third kappa shape index (κ3) is 5.29. The average molecular weight is 473 g/mol. The Morgan fingerprint density at radius 1 is 1.18 bits per heavy atom. The summed E-state index contributed by atoms with van der Waals surface area (Å²) in [5.74, 6) is -0.590. The van der Waals surface area contributed by atoms with Crippen LogP contribution in [0.3, 0.4) is 0 Å². The van der Waals surface area contributed by atoms with Crippen LogP contribution in [-0.2, 0) is 4.79 Å². The predicted octanol–water partition coefficient (Wildman–Crippen LogP) is 2.15. The highest BCUT2D eigenvalue weighted by atomic mass is 32.1. The van der Waals surface area contributed by atoms with Gasteiger partial charge in [0.2, 0.25) is 5.91 Å². The van der Waals surface area contributed by atoms with Crippen LogP contribution < -0.4 is 26.6 Å². The van der Waals surface area contributed by atoms with Crippen LogP contribution in [0.25, 0.3) is 0 Å². The Balaban J connectivity index is 1.40. The second kappa shape index (κ2) is 10.1. The van der Waals surface area contributed by atoms with Crippen molar-refractivity contribution >= 4 is 39.7 Å². The van der Waals surface area contributed by atoms with Gasteiger partial charge in [-0.05, 0) is 57.7 Å². The molecule has 2 aliphatic rings. The van der Waals surface area contributed by atoms with Crippen molar-refractivity contribution in [3.8, 4) is 0 Å². The van der Waals surface area contributed by atoms with Gasteiger partial charge in [0, 0.05) is 24.5 Å². The molecule has 1 aromatic carbocycles. The lowest BCUT2D eigenvalue weighted by Crippen LogP contribution is -2.59. The Morgan fingerprint density at radius 2 is 1.88 bits per heavy atom. The molecule has 1 aromatic heterocycles. The second-order valence-electron chi connectivity index (χ2n) is 8.84. The molecule has 2 amide bonds. The topological polar surface area (TPSA) is 133 Å². The Hall–Kier alpha value is -2.69. The Kier molecular flexibility index (Phi) is 7.16. The molecule has 0 spiro atoms. The standard InChI is InChI=1S/C23H32N6O3S/c1-25-23(21(24)32)10-12-29(13-11-23)19-5-3-2-4-17(19)27-20(31)18-14-33-22(28-18)26-15-6-8-16(30)9-7-15/h2-5,14-16,25,30H,6-13H2,1H3,(H2,24,32)(H,26,28)(H,27,31). The number of hydrogen-bond donors (Lipinski definition) is 5. The Labute approximate surface area is 197 Å². The fourth-order valence-corrected chi connectivity index (χ4v) is 5.40. The summed E-state index contributed by atoms with van der Waals surface area (Å²) < 4.78 is 0. The van der Waals surface area contributed by atoms with E-state index in [2.05, 4.69) is 25.8 Å². The van der Waals surface area contributed by atoms with E-state index in [4.69, 9.17) is 5.73 Å². The van der Waals surface area contributed by atoms with Crippen LogP contribution in [0.5, 0.6) is 0 Å². The molecule has 33 heavy (non-hydrogen) atoms. The van der Waals surface area contributed by atoms with Gasteiger partial charge < -0.3 is 31.7 Å². The zero-order valence-electron chi connectivity index (χ0n) is 18.8. The number of carbonyl (C=O) groups excluding carboxylic acids is 2. The molecule has 0 bridgehead atoms. The molecule has 2 heterocycles. The number of carbonyl (C=O) groups is 2. The molecule has 2 aromatic rings. The van der Waals surface area contributed by atoms with Crippen molar-refractivity contribution in [3.05, 3.63) is 35.3 Å². The van der Waals surface area contributed by atoms with Crippen molar-refractivity contribution in [1.82, 2.24) is 10.3 Å². The zero-order chi connectivity index (χ0) is 23.4. The normalized spacial score (nSPS) is 22.5. The first-order valence-electron chi connectivity index (χ1n) is 11.4. The van der Waals surface area contributed by atoms with Gasteiger partial charge in [-0.2, -0.15) is 0 Å². The quantitative estimate of drug-likeness (QED) is 0.417. The largest absolute Gasteiger partial charge is 0.393 e. The molecule has 9 nitrogen and oxygen atoms in total. The van der Waals surface area contributed by atoms with Crippen molar-refractivity contribution < 1.29 is 14.7 Å². The third-order valence-corrected chi connectivity index (χ3v) is 7.59. The van der Waals surface area contributed by atoms with Crippen molar-refractivity contribution in [2.24, 2.45) is 5.73 Å². The molecule has 1 saturated heterocycles. The molecule has 0 radical (unpaired) electrons. The summed E-state index contributed by atoms with van der Waals surface area (Å²) in [6.07, 6.45) is 4.37. The minimum Gasteiger partial charge on any atom is -0.393 e. The molecule has 0 atom stereocenters. The minimum absolute atomic E-state index is 0.203. The van der Waals surface area contributed by atoms with E-state index in [1.165, 1.54) is 11.3 Å². The number of aromatic nitrogens is 1. The minimum atomic E-state index is -0.685. The molecule has 6 N–H and O–H groups in total. The summed E-state index contributed by atoms with van der Waals surface area (Å²) in [6, 6.07) is 7.94. The van der Waals surface area contributed by atoms with E-state index in [-0.39, 0.29) is 24.0 Å². The summed E-state index contributed by atoms with van der Waals surface area (Å²) in [6.45, 7) is 1.30. The maximum absolute atomic E-state index is 12.9. The first-order valence-corrected chi connectivity index (χ1v) is 12.3. The fourth-order valence-electron chi connectivity index (χ4n) is 4.63. The maximum Gasteiger partial charge on any atom is 0.275 e. The van der Waals surface area contributed by atoms with Gasteiger partial charge in [0.15, 0.2) is 5.13 Å². The molecule has 0 unspecified atom stereocenters. The molecule has 10 heteroatoms. The first kappa shape index (κ1) is 23.5. The van der Waals surface area contributed by atoms with Crippen LogP contribution in [0, 0.1) is 0 Å². The van der Waals surface area contributed by atoms with E-state index in [1.807, 2.05) is 24.3 Å². The Bertz CT molecular complexity index is 980. The number of primary amides is 1. The number of amides is 2. The number of aliphatic hydroxyl groups is 1. The number of aliphatic hydroxyl groups excluding tert-OH is 1. The van der Waals surface area contributed by atoms with Crippen LogP contribution >= 0.6 is 11.3 Å². The lowest BCUT2D eigenvalue weighted by Gasteiger charge is -2.41. The molecule has 178 valence electrons. The number of likely N-dealkylation sites (N-methyl/N-ethyl adjacent to an activating group) is 1. The molecule has 1 saturated carbocycles. The highest BCUT2D eigenvalue weighted by Gasteiger charge is 2.38. The number of nitrogens with two attached hydrogens (primary N) is 1. The molecular weight excluding hydrogens is 440 g/mol. The first-order chi connectivity index (χ1) is 15.9. The van der Waals surface area contributed by atoms with Crippen molar-refractivity contribution in [2.75, 3.05) is 35.7 Å². The molecule has 1 aliphatic carbocycles. The van der Waals surface area contributed by atoms with Crippen molar-refractivity contribution in [3.63, 3.8) is 0 Å². The van der Waals surface area contributed by atoms with Gasteiger partial charge in [-0.25, -0.2) is 4.98 Å². The summed E-state index contributed by atoms with van der Waals surface area (Å²) in [7, 11) is 1.77. The monoisotopic (exact) mass is 472 g/mol. The van der Waals surface area contributed by atoms with Gasteiger partial charge in [-0.15, -0.1) is 11.3 Å². The number of rotatable bonds is 7. The van der Waals surface area contributed by atoms with Crippen LogP contribution in [0.4, 0.5) is 16.5 Å². The van der Waals surface area contributed by atoms with Gasteiger partial charge in [-0.3, -0.25) is 9.59 Å². The van der Waals surface area contributed by atoms with Gasteiger partial charge in [0.1, 0.15) is 11.2 Å². The van der Waals surface area contributed by atoms with Crippen LogP contribution in [0.15, 0.2) is 29.6 Å². The van der Waals surface area contributed by atoms with E-state index < -0.39 is 5.54 Å². The van der Waals surface area contributed by atoms with Gasteiger partial charge in [0.25, 0.3) is 5.91 Å². The average Bonchev–Trinajstić information content (AvgIpc) is 3.29. The highest BCUT2D eigenvalue weighted by molar-refractivity contribution is 7.13. The van der Waals surface area contributed by atoms with E-state index in [0.717, 1.165) is 36.5 Å². The third-order valence-electron chi connectivity index (χ3n) is 6.82. The van der Waals surface area contributed by atoms with Gasteiger partial charge >= 0.3 is 0 Å². The smallest absolute Gasteiger partial charge is 0.275 e. The van der Waals surface area contributed by atoms with Crippen LogP contribution in [0.2, 0.25) is 0 Å². The van der Waals surface area contributed by atoms with E-state index in [0.29, 0.717) is 37.3 Å². The van der Waals surface area contributed by atoms with E-state index in [1.54, 1.807) is 12.4 Å². The van der Waals surface area contributed by atoms with Crippen LogP contribution in [0.1, 0.15) is 49.0 Å². The summed E-state index contributed by atoms with van der Waals surface area (Å²) in [5, 5.41) is 21.6. The molecule has 2 fully saturated rings. The van der Waals surface area contributed by atoms with Crippen molar-refractivity contribution in [2.45, 2.75) is 56.2 Å². The number of hydrogen-bond acceptors (Lipinski definition) is 8. The fraction of sp³-hybridized carbons (Fsp3) is 0.522. The number of anilines is 3. The summed E-state index contributed by atoms with van der Waals surface area (Å²) >= 11 is 1.41. The summed E-state index contributed by atoms with van der Waals surface area (Å²) in [4.78, 5) is 31.5. The molecular formula is C23H32N6O3S. The number of thiazole rings is 1. The lowest BCUT2D eigenvalue weighted by atomic mass is 9.86. The van der Waals surface area contributed by atoms with Gasteiger partial charge in [0.05, 0.1) is 17.5 Å². The SMILES string of the molecule is CNC1(C(N)=O)CCN(c2ccccc2NC(=O)c2csc(NC3CCC(O)CC3)n2)CC1. The highest BCUT2D eigenvalue weighted by Crippen LogP contribution is 2.32. The van der Waals surface area contributed by atoms with Crippen molar-refractivity contribution in [1.29, 1.82) is 0 Å². The molecule has 4 rings (SSSR count). The van der Waals surface area contributed by atoms with E-state index >= 15 is 0 Å². The van der Waals surface area contributed by atoms with Crippen LogP contribution in [-0.4, -0.2) is 59.7 Å². The zero-order valence-corrected chi connectivity index (χ0v) is 19.7. The summed E-state index contributed by atoms with van der Waals surface area (Å²) in [5.41, 5.74) is 6.93. The number of nitrogens with zero attached hydrogens (tertiary/aromatic N) is 2.